The van der Waals surface area contributed by atoms with E-state index in [1.807, 2.05) is 0 Å². The molecule has 1 atom stereocenters. The van der Waals surface area contributed by atoms with Crippen molar-refractivity contribution in [3.63, 3.8) is 0 Å². The average Bonchev–Trinajstić information content (AvgIpc) is 2.97. The van der Waals surface area contributed by atoms with Gasteiger partial charge in [0.15, 0.2) is 0 Å². The predicted molar refractivity (Wildman–Crippen MR) is 59.7 cm³/mol. The summed E-state index contributed by atoms with van der Waals surface area (Å²) in [5, 5.41) is 13.5. The Hall–Kier alpha value is -0.860. The summed E-state index contributed by atoms with van der Waals surface area (Å²) in [7, 11) is 0. The minimum Gasteiger partial charge on any atom is -0.390 e. The molecule has 0 bridgehead atoms. The van der Waals surface area contributed by atoms with Crippen molar-refractivity contribution in [1.29, 1.82) is 0 Å². The summed E-state index contributed by atoms with van der Waals surface area (Å²) >= 11 is 0. The van der Waals surface area contributed by atoms with Crippen molar-refractivity contribution in [2.75, 3.05) is 6.54 Å². The van der Waals surface area contributed by atoms with Gasteiger partial charge in [0.05, 0.1) is 5.60 Å². The Kier molecular flexibility index (Phi) is 2.08. The van der Waals surface area contributed by atoms with Crippen molar-refractivity contribution in [2.24, 2.45) is 0 Å². The van der Waals surface area contributed by atoms with Crippen molar-refractivity contribution in [3.05, 3.63) is 35.4 Å². The van der Waals surface area contributed by atoms with Gasteiger partial charge in [0, 0.05) is 6.04 Å². The Labute approximate surface area is 90.3 Å². The summed E-state index contributed by atoms with van der Waals surface area (Å²) in [6, 6.07) is 8.96. The number of benzene rings is 1. The summed E-state index contributed by atoms with van der Waals surface area (Å²) in [4.78, 5) is 0. The minimum absolute atomic E-state index is 0.359. The SMILES string of the molecule is OC1(CC2NCCc3ccccc32)CC1. The van der Waals surface area contributed by atoms with E-state index in [0.717, 1.165) is 32.2 Å². The monoisotopic (exact) mass is 203 g/mol. The van der Waals surface area contributed by atoms with Gasteiger partial charge >= 0.3 is 0 Å². The van der Waals surface area contributed by atoms with E-state index in [1.165, 1.54) is 11.1 Å². The van der Waals surface area contributed by atoms with Gasteiger partial charge in [-0.3, -0.25) is 0 Å². The zero-order valence-electron chi connectivity index (χ0n) is 8.87. The minimum atomic E-state index is -0.359. The molecule has 0 aromatic heterocycles. The number of fused-ring (bicyclic) bond motifs is 1. The summed E-state index contributed by atoms with van der Waals surface area (Å²) in [6.07, 6.45) is 3.95. The second-order valence-corrected chi connectivity index (χ2v) is 4.88. The zero-order chi connectivity index (χ0) is 10.3. The second-order valence-electron chi connectivity index (χ2n) is 4.88. The van der Waals surface area contributed by atoms with Crippen molar-refractivity contribution < 1.29 is 5.11 Å². The fourth-order valence-electron chi connectivity index (χ4n) is 2.50. The number of hydrogen-bond donors (Lipinski definition) is 2. The molecule has 1 saturated carbocycles. The Morgan fingerprint density at radius 2 is 2.13 bits per heavy atom. The molecule has 15 heavy (non-hydrogen) atoms. The first-order valence-corrected chi connectivity index (χ1v) is 5.80. The van der Waals surface area contributed by atoms with Crippen molar-refractivity contribution in [3.8, 4) is 0 Å². The zero-order valence-corrected chi connectivity index (χ0v) is 8.87. The van der Waals surface area contributed by atoms with Crippen molar-refractivity contribution >= 4 is 0 Å². The highest BCUT2D eigenvalue weighted by Gasteiger charge is 2.42. The van der Waals surface area contributed by atoms with Gasteiger partial charge in [0.2, 0.25) is 0 Å². The average molecular weight is 203 g/mol. The fourth-order valence-corrected chi connectivity index (χ4v) is 2.50. The first kappa shape index (κ1) is 9.37. The van der Waals surface area contributed by atoms with E-state index in [9.17, 15) is 5.11 Å². The third kappa shape index (κ3) is 1.80. The van der Waals surface area contributed by atoms with Crippen LogP contribution in [-0.4, -0.2) is 17.3 Å². The largest absolute Gasteiger partial charge is 0.390 e. The molecule has 1 unspecified atom stereocenters. The highest BCUT2D eigenvalue weighted by molar-refractivity contribution is 5.32. The van der Waals surface area contributed by atoms with Gasteiger partial charge in [-0.25, -0.2) is 0 Å². The Morgan fingerprint density at radius 1 is 1.33 bits per heavy atom. The topological polar surface area (TPSA) is 32.3 Å². The maximum Gasteiger partial charge on any atom is 0.0668 e. The van der Waals surface area contributed by atoms with Crippen molar-refractivity contribution in [1.82, 2.24) is 5.32 Å². The predicted octanol–water partition coefficient (Wildman–Crippen LogP) is 1.79. The van der Waals surface area contributed by atoms with Crippen LogP contribution in [0.15, 0.2) is 24.3 Å². The summed E-state index contributed by atoms with van der Waals surface area (Å²) in [6.45, 7) is 1.04. The first-order valence-electron chi connectivity index (χ1n) is 5.80. The lowest BCUT2D eigenvalue weighted by atomic mass is 9.90. The molecule has 3 rings (SSSR count). The lowest BCUT2D eigenvalue weighted by molar-refractivity contribution is 0.124. The van der Waals surface area contributed by atoms with Crippen LogP contribution in [0.3, 0.4) is 0 Å². The van der Waals surface area contributed by atoms with Crippen LogP contribution in [0, 0.1) is 0 Å². The Balaban J connectivity index is 1.85. The highest BCUT2D eigenvalue weighted by atomic mass is 16.3. The van der Waals surface area contributed by atoms with E-state index in [-0.39, 0.29) is 5.60 Å². The molecular formula is C13H17NO. The maximum absolute atomic E-state index is 9.97. The first-order chi connectivity index (χ1) is 7.27. The number of hydrogen-bond acceptors (Lipinski definition) is 2. The molecule has 1 aromatic rings. The second kappa shape index (κ2) is 3.32. The molecule has 0 radical (unpaired) electrons. The van der Waals surface area contributed by atoms with Crippen LogP contribution in [0.25, 0.3) is 0 Å². The molecule has 0 amide bonds. The van der Waals surface area contributed by atoms with Crippen LogP contribution in [-0.2, 0) is 6.42 Å². The van der Waals surface area contributed by atoms with Crippen LogP contribution >= 0.6 is 0 Å². The van der Waals surface area contributed by atoms with E-state index in [2.05, 4.69) is 29.6 Å². The molecule has 0 spiro atoms. The Bertz CT molecular complexity index is 371. The summed E-state index contributed by atoms with van der Waals surface area (Å²) < 4.78 is 0. The molecule has 1 aromatic carbocycles. The lowest BCUT2D eigenvalue weighted by Gasteiger charge is -2.28. The van der Waals surface area contributed by atoms with Crippen LogP contribution in [0.5, 0.6) is 0 Å². The molecule has 2 N–H and O–H groups in total. The van der Waals surface area contributed by atoms with E-state index in [0.29, 0.717) is 6.04 Å². The van der Waals surface area contributed by atoms with E-state index < -0.39 is 0 Å². The molecular weight excluding hydrogens is 186 g/mol. The lowest BCUT2D eigenvalue weighted by Crippen LogP contribution is -2.32. The number of nitrogens with one attached hydrogen (secondary N) is 1. The van der Waals surface area contributed by atoms with E-state index in [1.54, 1.807) is 0 Å². The Morgan fingerprint density at radius 3 is 2.93 bits per heavy atom. The van der Waals surface area contributed by atoms with Gasteiger partial charge in [0.1, 0.15) is 0 Å². The maximum atomic E-state index is 9.97. The van der Waals surface area contributed by atoms with Crippen LogP contribution in [0.1, 0.15) is 36.4 Å². The molecule has 1 heterocycles. The highest BCUT2D eigenvalue weighted by Crippen LogP contribution is 2.43. The smallest absolute Gasteiger partial charge is 0.0668 e. The number of rotatable bonds is 2. The van der Waals surface area contributed by atoms with Crippen LogP contribution in [0.4, 0.5) is 0 Å². The van der Waals surface area contributed by atoms with E-state index in [4.69, 9.17) is 0 Å². The van der Waals surface area contributed by atoms with Gasteiger partial charge in [-0.1, -0.05) is 24.3 Å². The molecule has 0 saturated heterocycles. The molecule has 2 nitrogen and oxygen atoms in total. The van der Waals surface area contributed by atoms with Crippen LogP contribution in [0.2, 0.25) is 0 Å². The summed E-state index contributed by atoms with van der Waals surface area (Å²) in [5.74, 6) is 0. The normalized spacial score (nSPS) is 27.1. The van der Waals surface area contributed by atoms with Gasteiger partial charge in [0.25, 0.3) is 0 Å². The molecule has 2 heteroatoms. The van der Waals surface area contributed by atoms with Gasteiger partial charge in [-0.15, -0.1) is 0 Å². The number of aliphatic hydroxyl groups is 1. The quantitative estimate of drug-likeness (QED) is 0.768. The molecule has 80 valence electrons. The molecule has 1 aliphatic carbocycles. The standard InChI is InChI=1S/C13H17NO/c15-13(6-7-13)9-12-11-4-2-1-3-10(11)5-8-14-12/h1-4,12,14-15H,5-9H2. The molecule has 1 aliphatic heterocycles. The van der Waals surface area contributed by atoms with Crippen molar-refractivity contribution in [2.45, 2.75) is 37.3 Å². The third-order valence-corrected chi connectivity index (χ3v) is 3.63. The third-order valence-electron chi connectivity index (χ3n) is 3.63. The van der Waals surface area contributed by atoms with Gasteiger partial charge < -0.3 is 10.4 Å². The molecule has 1 fully saturated rings. The van der Waals surface area contributed by atoms with Crippen LogP contribution < -0.4 is 5.32 Å². The molecule has 2 aliphatic rings. The van der Waals surface area contributed by atoms with Gasteiger partial charge in [-0.05, 0) is 43.4 Å². The fraction of sp³-hybridized carbons (Fsp3) is 0.538. The summed E-state index contributed by atoms with van der Waals surface area (Å²) in [5.41, 5.74) is 2.48. The van der Waals surface area contributed by atoms with Gasteiger partial charge in [-0.2, -0.15) is 0 Å². The van der Waals surface area contributed by atoms with E-state index >= 15 is 0 Å².